The van der Waals surface area contributed by atoms with E-state index in [-0.39, 0.29) is 10.0 Å². The van der Waals surface area contributed by atoms with Crippen molar-refractivity contribution < 1.29 is 8.42 Å². The molecule has 0 aliphatic carbocycles. The maximum absolute atomic E-state index is 11.1. The molecule has 3 nitrogen and oxygen atoms in total. The predicted octanol–water partition coefficient (Wildman–Crippen LogP) is 2.88. The summed E-state index contributed by atoms with van der Waals surface area (Å²) >= 11 is 7.05. The zero-order valence-corrected chi connectivity index (χ0v) is 9.71. The normalized spacial score (nSPS) is 12.1. The summed E-state index contributed by atoms with van der Waals surface area (Å²) in [5.74, 6) is 0. The topological polar surface area (TPSA) is 47.0 Å². The highest BCUT2D eigenvalue weighted by atomic mass is 35.7. The van der Waals surface area contributed by atoms with Crippen LogP contribution in [0.25, 0.3) is 10.1 Å². The van der Waals surface area contributed by atoms with E-state index in [1.54, 1.807) is 11.4 Å². The molecule has 2 rings (SSSR count). The van der Waals surface area contributed by atoms with Crippen LogP contribution in [0.1, 0.15) is 0 Å². The van der Waals surface area contributed by atoms with Gasteiger partial charge >= 0.3 is 0 Å². The van der Waals surface area contributed by atoms with Crippen molar-refractivity contribution in [3.8, 4) is 0 Å². The smallest absolute Gasteiger partial charge is 0.242 e. The summed E-state index contributed by atoms with van der Waals surface area (Å²) in [5, 5.41) is 2.63. The van der Waals surface area contributed by atoms with Crippen LogP contribution in [0.2, 0.25) is 5.15 Å². The minimum atomic E-state index is -3.75. The Balaban J connectivity index is 2.93. The molecule has 0 N–H and O–H groups in total. The minimum Gasteiger partial charge on any atom is -0.242 e. The van der Waals surface area contributed by atoms with Gasteiger partial charge in [-0.1, -0.05) is 11.6 Å². The summed E-state index contributed by atoms with van der Waals surface area (Å²) < 4.78 is 22.8. The molecular weight excluding hydrogens is 265 g/mol. The van der Waals surface area contributed by atoms with Crippen LogP contribution in [0.4, 0.5) is 0 Å². The highest BCUT2D eigenvalue weighted by Crippen LogP contribution is 2.32. The van der Waals surface area contributed by atoms with Crippen LogP contribution < -0.4 is 0 Å². The molecule has 0 fully saturated rings. The van der Waals surface area contributed by atoms with E-state index in [1.165, 1.54) is 17.5 Å². The first-order valence-corrected chi connectivity index (χ1v) is 7.03. The average molecular weight is 268 g/mol. The van der Waals surface area contributed by atoms with Gasteiger partial charge in [0.2, 0.25) is 0 Å². The number of thiophene rings is 1. The summed E-state index contributed by atoms with van der Waals surface area (Å²) in [5.41, 5.74) is 0. The molecule has 0 amide bonds. The molecule has 0 spiro atoms. The Labute approximate surface area is 93.7 Å². The van der Waals surface area contributed by atoms with Crippen molar-refractivity contribution in [2.24, 2.45) is 0 Å². The van der Waals surface area contributed by atoms with E-state index in [1.807, 2.05) is 0 Å². The number of nitrogens with zero attached hydrogens (tertiary/aromatic N) is 1. The van der Waals surface area contributed by atoms with Gasteiger partial charge in [0.15, 0.2) is 0 Å². The van der Waals surface area contributed by atoms with Gasteiger partial charge in [-0.15, -0.1) is 11.3 Å². The molecule has 2 aromatic heterocycles. The quantitative estimate of drug-likeness (QED) is 0.590. The predicted molar refractivity (Wildman–Crippen MR) is 57.7 cm³/mol. The van der Waals surface area contributed by atoms with E-state index in [0.29, 0.717) is 10.1 Å². The molecule has 0 aliphatic heterocycles. The second-order valence-electron chi connectivity index (χ2n) is 2.51. The van der Waals surface area contributed by atoms with Crippen LogP contribution in [0.5, 0.6) is 0 Å². The molecule has 74 valence electrons. The first-order valence-electron chi connectivity index (χ1n) is 3.46. The SMILES string of the molecule is O=S(=O)(Cl)c1cnc(Cl)c2ccsc12. The third kappa shape index (κ3) is 1.61. The lowest BCUT2D eigenvalue weighted by atomic mass is 10.3. The molecule has 2 aromatic rings. The second-order valence-corrected chi connectivity index (χ2v) is 6.32. The average Bonchev–Trinajstić information content (AvgIpc) is 2.50. The highest BCUT2D eigenvalue weighted by Gasteiger charge is 2.17. The van der Waals surface area contributed by atoms with E-state index in [4.69, 9.17) is 22.3 Å². The fourth-order valence-corrected chi connectivity index (χ4v) is 3.61. The van der Waals surface area contributed by atoms with Crippen molar-refractivity contribution in [1.82, 2.24) is 4.98 Å². The summed E-state index contributed by atoms with van der Waals surface area (Å²) in [6.45, 7) is 0. The van der Waals surface area contributed by atoms with Crippen molar-refractivity contribution in [1.29, 1.82) is 0 Å². The van der Waals surface area contributed by atoms with Gasteiger partial charge in [-0.05, 0) is 11.4 Å². The van der Waals surface area contributed by atoms with Gasteiger partial charge in [0, 0.05) is 16.1 Å². The van der Waals surface area contributed by atoms with Crippen molar-refractivity contribution in [2.45, 2.75) is 4.90 Å². The molecule has 14 heavy (non-hydrogen) atoms. The molecule has 0 unspecified atom stereocenters. The summed E-state index contributed by atoms with van der Waals surface area (Å²) in [7, 11) is 1.49. The number of hydrogen-bond acceptors (Lipinski definition) is 4. The maximum Gasteiger partial charge on any atom is 0.264 e. The van der Waals surface area contributed by atoms with E-state index in [2.05, 4.69) is 4.98 Å². The first-order chi connectivity index (χ1) is 6.50. The fraction of sp³-hybridized carbons (Fsp3) is 0. The Kier molecular flexibility index (Phi) is 2.43. The van der Waals surface area contributed by atoms with Gasteiger partial charge in [-0.3, -0.25) is 0 Å². The standard InChI is InChI=1S/C7H3Cl2NO2S2/c8-7-4-1-2-13-6(4)5(3-10-7)14(9,11)12/h1-3H. The van der Waals surface area contributed by atoms with E-state index in [9.17, 15) is 8.42 Å². The molecule has 0 aromatic carbocycles. The minimum absolute atomic E-state index is 0.00793. The number of halogens is 2. The number of rotatable bonds is 1. The van der Waals surface area contributed by atoms with Crippen molar-refractivity contribution in [2.75, 3.05) is 0 Å². The number of hydrogen-bond donors (Lipinski definition) is 0. The molecule has 7 heteroatoms. The Morgan fingerprint density at radius 3 is 2.79 bits per heavy atom. The van der Waals surface area contributed by atoms with Gasteiger partial charge in [-0.25, -0.2) is 13.4 Å². The molecule has 0 saturated heterocycles. The maximum atomic E-state index is 11.1. The lowest BCUT2D eigenvalue weighted by molar-refractivity contribution is 0.610. The zero-order chi connectivity index (χ0) is 10.3. The molecule has 0 saturated carbocycles. The Bertz CT molecular complexity index is 591. The zero-order valence-electron chi connectivity index (χ0n) is 6.57. The van der Waals surface area contributed by atoms with Gasteiger partial charge in [0.05, 0.1) is 10.9 Å². The van der Waals surface area contributed by atoms with Crippen LogP contribution in [0.3, 0.4) is 0 Å². The van der Waals surface area contributed by atoms with Crippen LogP contribution in [-0.2, 0) is 9.05 Å². The molecule has 0 aliphatic rings. The summed E-state index contributed by atoms with van der Waals surface area (Å²) in [6, 6.07) is 1.71. The van der Waals surface area contributed by atoms with Crippen molar-refractivity contribution in [3.05, 3.63) is 22.8 Å². The largest absolute Gasteiger partial charge is 0.264 e. The highest BCUT2D eigenvalue weighted by molar-refractivity contribution is 8.14. The van der Waals surface area contributed by atoms with Crippen molar-refractivity contribution in [3.63, 3.8) is 0 Å². The first kappa shape index (κ1) is 10.2. The molecule has 0 radical (unpaired) electrons. The molecule has 0 atom stereocenters. The Hall–Kier alpha value is -0.360. The third-order valence-corrected chi connectivity index (χ3v) is 4.38. The third-order valence-electron chi connectivity index (χ3n) is 1.67. The molecule has 0 bridgehead atoms. The van der Waals surface area contributed by atoms with E-state index in [0.717, 1.165) is 0 Å². The lowest BCUT2D eigenvalue weighted by Crippen LogP contribution is -1.92. The van der Waals surface area contributed by atoms with Gasteiger partial charge < -0.3 is 0 Å². The summed E-state index contributed by atoms with van der Waals surface area (Å²) in [4.78, 5) is 3.76. The number of aromatic nitrogens is 1. The van der Waals surface area contributed by atoms with Crippen LogP contribution in [0.15, 0.2) is 22.5 Å². The Morgan fingerprint density at radius 1 is 1.43 bits per heavy atom. The Morgan fingerprint density at radius 2 is 2.14 bits per heavy atom. The van der Waals surface area contributed by atoms with Gasteiger partial charge in [-0.2, -0.15) is 0 Å². The van der Waals surface area contributed by atoms with Gasteiger partial charge in [0.1, 0.15) is 10.0 Å². The summed E-state index contributed by atoms with van der Waals surface area (Å²) in [6.07, 6.45) is 1.17. The lowest BCUT2D eigenvalue weighted by Gasteiger charge is -1.98. The van der Waals surface area contributed by atoms with E-state index >= 15 is 0 Å². The van der Waals surface area contributed by atoms with Crippen LogP contribution in [0, 0.1) is 0 Å². The monoisotopic (exact) mass is 267 g/mol. The molecule has 2 heterocycles. The van der Waals surface area contributed by atoms with Crippen LogP contribution >= 0.6 is 33.6 Å². The second kappa shape index (κ2) is 3.34. The van der Waals surface area contributed by atoms with Crippen molar-refractivity contribution >= 4 is 52.8 Å². The number of pyridine rings is 1. The number of fused-ring (bicyclic) bond motifs is 1. The van der Waals surface area contributed by atoms with Crippen LogP contribution in [-0.4, -0.2) is 13.4 Å². The van der Waals surface area contributed by atoms with E-state index < -0.39 is 9.05 Å². The van der Waals surface area contributed by atoms with Gasteiger partial charge in [0.25, 0.3) is 9.05 Å². The fourth-order valence-electron chi connectivity index (χ4n) is 1.08. The molecular formula is C7H3Cl2NO2S2.